The zero-order chi connectivity index (χ0) is 15.4. The summed E-state index contributed by atoms with van der Waals surface area (Å²) in [6, 6.07) is 12.5. The maximum Gasteiger partial charge on any atom is 0.191 e. The second-order valence-corrected chi connectivity index (χ2v) is 5.77. The second kappa shape index (κ2) is 8.38. The molecule has 1 aliphatic rings. The summed E-state index contributed by atoms with van der Waals surface area (Å²) in [5, 5.41) is 2.38. The summed E-state index contributed by atoms with van der Waals surface area (Å²) in [5.74, 6) is 1.56. The van der Waals surface area contributed by atoms with Crippen LogP contribution in [0.3, 0.4) is 0 Å². The first kappa shape index (κ1) is 17.8. The molecule has 0 saturated carbocycles. The predicted molar refractivity (Wildman–Crippen MR) is 107 cm³/mol. The fraction of sp³-hybridized carbons (Fsp3) is 0.389. The number of benzene rings is 2. The van der Waals surface area contributed by atoms with Crippen molar-refractivity contribution in [3.63, 3.8) is 0 Å². The van der Waals surface area contributed by atoms with E-state index in [1.165, 1.54) is 35.6 Å². The zero-order valence-corrected chi connectivity index (χ0v) is 15.8. The molecule has 124 valence electrons. The molecule has 3 rings (SSSR count). The Morgan fingerprint density at radius 1 is 1.09 bits per heavy atom. The van der Waals surface area contributed by atoms with E-state index >= 15 is 0 Å². The van der Waals surface area contributed by atoms with Crippen LogP contribution >= 0.6 is 24.0 Å². The fourth-order valence-electron chi connectivity index (χ4n) is 2.89. The van der Waals surface area contributed by atoms with Crippen molar-refractivity contribution < 1.29 is 4.74 Å². The number of fused-ring (bicyclic) bond motifs is 1. The van der Waals surface area contributed by atoms with Crippen LogP contribution in [0.2, 0.25) is 0 Å². The third-order valence-electron chi connectivity index (χ3n) is 4.22. The summed E-state index contributed by atoms with van der Waals surface area (Å²) in [6.07, 6.45) is 3.74. The van der Waals surface area contributed by atoms with Gasteiger partial charge in [-0.15, -0.1) is 24.0 Å². The van der Waals surface area contributed by atoms with E-state index in [1.807, 2.05) is 12.1 Å². The number of nitrogens with two attached hydrogens (primary N) is 1. The van der Waals surface area contributed by atoms with Gasteiger partial charge in [0.15, 0.2) is 5.96 Å². The van der Waals surface area contributed by atoms with Crippen LogP contribution in [0, 0.1) is 0 Å². The lowest BCUT2D eigenvalue weighted by atomic mass is 10.1. The number of nitrogens with zero attached hydrogens (tertiary/aromatic N) is 2. The van der Waals surface area contributed by atoms with Crippen molar-refractivity contribution in [3.8, 4) is 5.75 Å². The molecule has 1 fully saturated rings. The van der Waals surface area contributed by atoms with Crippen LogP contribution in [0.4, 0.5) is 0 Å². The summed E-state index contributed by atoms with van der Waals surface area (Å²) >= 11 is 0. The molecule has 0 radical (unpaired) electrons. The minimum Gasteiger partial charge on any atom is -0.497 e. The number of hydrogen-bond donors (Lipinski definition) is 1. The van der Waals surface area contributed by atoms with E-state index in [1.54, 1.807) is 7.11 Å². The minimum atomic E-state index is 0. The van der Waals surface area contributed by atoms with Gasteiger partial charge in [0, 0.05) is 13.1 Å². The molecule has 4 nitrogen and oxygen atoms in total. The molecule has 0 aromatic heterocycles. The van der Waals surface area contributed by atoms with E-state index in [4.69, 9.17) is 10.5 Å². The number of guanidine groups is 1. The second-order valence-electron chi connectivity index (χ2n) is 5.77. The van der Waals surface area contributed by atoms with E-state index in [0.29, 0.717) is 12.5 Å². The number of hydrogen-bond acceptors (Lipinski definition) is 2. The van der Waals surface area contributed by atoms with Crippen molar-refractivity contribution >= 4 is 40.7 Å². The molecule has 2 aromatic rings. The van der Waals surface area contributed by atoms with Crippen LogP contribution in [0.25, 0.3) is 10.8 Å². The highest BCUT2D eigenvalue weighted by atomic mass is 127. The highest BCUT2D eigenvalue weighted by Gasteiger charge is 2.11. The first-order chi connectivity index (χ1) is 10.8. The van der Waals surface area contributed by atoms with Crippen molar-refractivity contribution in [1.82, 2.24) is 4.90 Å². The Labute approximate surface area is 154 Å². The molecule has 2 aromatic carbocycles. The largest absolute Gasteiger partial charge is 0.497 e. The van der Waals surface area contributed by atoms with Gasteiger partial charge < -0.3 is 15.4 Å². The van der Waals surface area contributed by atoms with Gasteiger partial charge >= 0.3 is 0 Å². The predicted octanol–water partition coefficient (Wildman–Crippen LogP) is 3.77. The third-order valence-corrected chi connectivity index (χ3v) is 4.22. The lowest BCUT2D eigenvalue weighted by Crippen LogP contribution is -2.40. The number of methoxy groups -OCH3 is 1. The normalized spacial score (nSPS) is 15.3. The highest BCUT2D eigenvalue weighted by molar-refractivity contribution is 14.0. The summed E-state index contributed by atoms with van der Waals surface area (Å²) in [5.41, 5.74) is 7.28. The Morgan fingerprint density at radius 2 is 1.78 bits per heavy atom. The van der Waals surface area contributed by atoms with Crippen LogP contribution in [0.15, 0.2) is 41.4 Å². The number of rotatable bonds is 3. The first-order valence-corrected chi connectivity index (χ1v) is 7.88. The van der Waals surface area contributed by atoms with E-state index in [2.05, 4.69) is 34.2 Å². The number of ether oxygens (including phenoxy) is 1. The molecule has 1 aliphatic heterocycles. The SMILES string of the molecule is COc1ccc2cc(CN=C(N)N3CCCCC3)ccc2c1.I. The molecule has 1 saturated heterocycles. The monoisotopic (exact) mass is 425 g/mol. The average molecular weight is 425 g/mol. The number of piperidine rings is 1. The Balaban J connectivity index is 0.00000192. The fourth-order valence-corrected chi connectivity index (χ4v) is 2.89. The molecule has 0 amide bonds. The van der Waals surface area contributed by atoms with E-state index < -0.39 is 0 Å². The van der Waals surface area contributed by atoms with E-state index in [9.17, 15) is 0 Å². The lowest BCUT2D eigenvalue weighted by molar-refractivity contribution is 0.338. The zero-order valence-electron chi connectivity index (χ0n) is 13.5. The van der Waals surface area contributed by atoms with Crippen LogP contribution in [0.1, 0.15) is 24.8 Å². The Morgan fingerprint density at radius 3 is 2.52 bits per heavy atom. The number of halogens is 1. The van der Waals surface area contributed by atoms with Crippen LogP contribution in [0.5, 0.6) is 5.75 Å². The van der Waals surface area contributed by atoms with Crippen LogP contribution < -0.4 is 10.5 Å². The van der Waals surface area contributed by atoms with Gasteiger partial charge in [-0.2, -0.15) is 0 Å². The molecule has 5 heteroatoms. The summed E-state index contributed by atoms with van der Waals surface area (Å²) in [7, 11) is 1.69. The molecular formula is C18H24IN3O. The number of likely N-dealkylation sites (tertiary alicyclic amines) is 1. The maximum atomic E-state index is 6.11. The molecule has 0 aliphatic carbocycles. The standard InChI is InChI=1S/C18H23N3O.HI/c1-22-17-8-7-15-11-14(5-6-16(15)12-17)13-20-18(19)21-9-3-2-4-10-21;/h5-8,11-12H,2-4,9-10,13H2,1H3,(H2,19,20);1H. The van der Waals surface area contributed by atoms with Gasteiger partial charge in [-0.25, -0.2) is 4.99 Å². The van der Waals surface area contributed by atoms with Crippen molar-refractivity contribution in [3.05, 3.63) is 42.0 Å². The summed E-state index contributed by atoms with van der Waals surface area (Å²) in [4.78, 5) is 6.74. The van der Waals surface area contributed by atoms with Crippen molar-refractivity contribution in [1.29, 1.82) is 0 Å². The maximum absolute atomic E-state index is 6.11. The van der Waals surface area contributed by atoms with Crippen LogP contribution in [-0.2, 0) is 6.54 Å². The smallest absolute Gasteiger partial charge is 0.191 e. The number of aliphatic imine (C=N–C) groups is 1. The van der Waals surface area contributed by atoms with Gasteiger partial charge in [0.05, 0.1) is 13.7 Å². The molecule has 0 atom stereocenters. The highest BCUT2D eigenvalue weighted by Crippen LogP contribution is 2.22. The summed E-state index contributed by atoms with van der Waals surface area (Å²) < 4.78 is 5.25. The molecular weight excluding hydrogens is 401 g/mol. The quantitative estimate of drug-likeness (QED) is 0.463. The van der Waals surface area contributed by atoms with E-state index in [-0.39, 0.29) is 24.0 Å². The minimum absolute atomic E-state index is 0. The van der Waals surface area contributed by atoms with Crippen molar-refractivity contribution in [2.24, 2.45) is 10.7 Å². The van der Waals surface area contributed by atoms with Gasteiger partial charge in [-0.05, 0) is 53.8 Å². The molecule has 0 bridgehead atoms. The first-order valence-electron chi connectivity index (χ1n) is 7.88. The summed E-state index contributed by atoms with van der Waals surface area (Å²) in [6.45, 7) is 2.70. The van der Waals surface area contributed by atoms with Gasteiger partial charge in [0.25, 0.3) is 0 Å². The van der Waals surface area contributed by atoms with Gasteiger partial charge in [-0.1, -0.05) is 18.2 Å². The van der Waals surface area contributed by atoms with Gasteiger partial charge in [0.2, 0.25) is 0 Å². The third kappa shape index (κ3) is 4.50. The molecule has 0 unspecified atom stereocenters. The lowest BCUT2D eigenvalue weighted by Gasteiger charge is -2.27. The molecule has 23 heavy (non-hydrogen) atoms. The Bertz CT molecular complexity index is 681. The van der Waals surface area contributed by atoms with E-state index in [0.717, 1.165) is 18.8 Å². The molecule has 2 N–H and O–H groups in total. The topological polar surface area (TPSA) is 50.9 Å². The van der Waals surface area contributed by atoms with Crippen molar-refractivity contribution in [2.75, 3.05) is 20.2 Å². The molecule has 0 spiro atoms. The van der Waals surface area contributed by atoms with Gasteiger partial charge in [-0.3, -0.25) is 0 Å². The van der Waals surface area contributed by atoms with Crippen LogP contribution in [-0.4, -0.2) is 31.1 Å². The Kier molecular flexibility index (Phi) is 6.50. The Hall–Kier alpha value is -1.50. The van der Waals surface area contributed by atoms with Gasteiger partial charge in [0.1, 0.15) is 5.75 Å². The average Bonchev–Trinajstić information content (AvgIpc) is 2.59. The van der Waals surface area contributed by atoms with Crippen molar-refractivity contribution in [2.45, 2.75) is 25.8 Å². The molecule has 1 heterocycles.